The third-order valence-corrected chi connectivity index (χ3v) is 4.40. The molecule has 5 nitrogen and oxygen atoms in total. The van der Waals surface area contributed by atoms with E-state index in [0.717, 1.165) is 17.0 Å². The minimum Gasteiger partial charge on any atom is -0.497 e. The molecule has 6 heteroatoms. The van der Waals surface area contributed by atoms with Crippen LogP contribution in [-0.4, -0.2) is 17.5 Å². The van der Waals surface area contributed by atoms with E-state index in [1.165, 1.54) is 0 Å². The lowest BCUT2D eigenvalue weighted by Gasteiger charge is -2.01. The van der Waals surface area contributed by atoms with Gasteiger partial charge in [0, 0.05) is 16.1 Å². The number of imidazole rings is 1. The van der Waals surface area contributed by atoms with Gasteiger partial charge < -0.3 is 4.74 Å². The molecule has 1 heterocycles. The Kier molecular flexibility index (Phi) is 4.76. The predicted molar refractivity (Wildman–Crippen MR) is 97.8 cm³/mol. The Bertz CT molecular complexity index is 900. The molecule has 25 heavy (non-hydrogen) atoms. The monoisotopic (exact) mass is 356 g/mol. The van der Waals surface area contributed by atoms with E-state index in [-0.39, 0.29) is 12.3 Å². The van der Waals surface area contributed by atoms with Crippen LogP contribution in [-0.2, 0) is 13.6 Å². The number of nitrogen functional groups attached to an aromatic ring is 1. The quantitative estimate of drug-likeness (QED) is 0.564. The molecule has 0 unspecified atom stereocenters. The average molecular weight is 357 g/mol. The first kappa shape index (κ1) is 17.0. The van der Waals surface area contributed by atoms with Crippen molar-refractivity contribution < 1.29 is 14.1 Å². The summed E-state index contributed by atoms with van der Waals surface area (Å²) in [7, 11) is 3.50. The number of ketones is 1. The Morgan fingerprint density at radius 3 is 2.40 bits per heavy atom. The Balaban J connectivity index is 1.87. The van der Waals surface area contributed by atoms with Gasteiger partial charge >= 0.3 is 5.95 Å². The van der Waals surface area contributed by atoms with Crippen LogP contribution in [0.4, 0.5) is 5.95 Å². The highest BCUT2D eigenvalue weighted by molar-refractivity contribution is 6.30. The summed E-state index contributed by atoms with van der Waals surface area (Å²) in [5.41, 5.74) is 8.69. The van der Waals surface area contributed by atoms with Crippen LogP contribution in [0.1, 0.15) is 10.4 Å². The van der Waals surface area contributed by atoms with Crippen molar-refractivity contribution in [3.05, 3.63) is 65.3 Å². The summed E-state index contributed by atoms with van der Waals surface area (Å²) in [6.45, 7) is 0.164. The molecule has 0 saturated carbocycles. The van der Waals surface area contributed by atoms with Gasteiger partial charge in [-0.15, -0.1) is 0 Å². The molecule has 3 rings (SSSR count). The van der Waals surface area contributed by atoms with Crippen LogP contribution in [0.5, 0.6) is 5.75 Å². The van der Waals surface area contributed by atoms with E-state index in [1.807, 2.05) is 42.1 Å². The van der Waals surface area contributed by atoms with E-state index in [9.17, 15) is 4.79 Å². The van der Waals surface area contributed by atoms with Crippen molar-refractivity contribution >= 4 is 23.3 Å². The van der Waals surface area contributed by atoms with E-state index < -0.39 is 0 Å². The van der Waals surface area contributed by atoms with E-state index in [1.54, 1.807) is 35.9 Å². The topological polar surface area (TPSA) is 61.1 Å². The molecule has 0 amide bonds. The van der Waals surface area contributed by atoms with Gasteiger partial charge in [0.15, 0.2) is 5.78 Å². The lowest BCUT2D eigenvalue weighted by Crippen LogP contribution is -2.39. The number of halogens is 1. The number of methoxy groups -OCH3 is 1. The minimum absolute atomic E-state index is 0.0275. The fourth-order valence-electron chi connectivity index (χ4n) is 2.65. The Morgan fingerprint density at radius 1 is 1.16 bits per heavy atom. The molecular formula is C19H19ClN3O2+. The zero-order valence-corrected chi connectivity index (χ0v) is 14.8. The smallest absolute Gasteiger partial charge is 0.355 e. The number of carbonyl (C=O) groups is 1. The number of ether oxygens (including phenoxy) is 1. The van der Waals surface area contributed by atoms with Crippen molar-refractivity contribution in [3.63, 3.8) is 0 Å². The summed E-state index contributed by atoms with van der Waals surface area (Å²) in [5.74, 6) is 1.27. The lowest BCUT2D eigenvalue weighted by molar-refractivity contribution is -0.667. The fraction of sp³-hybridized carbons (Fsp3) is 0.158. The molecule has 2 aromatic carbocycles. The normalized spacial score (nSPS) is 10.7. The van der Waals surface area contributed by atoms with Gasteiger partial charge in [0.2, 0.25) is 0 Å². The number of hydrogen-bond acceptors (Lipinski definition) is 3. The van der Waals surface area contributed by atoms with Crippen LogP contribution in [0.3, 0.4) is 0 Å². The zero-order valence-electron chi connectivity index (χ0n) is 14.1. The van der Waals surface area contributed by atoms with Crippen molar-refractivity contribution in [2.24, 2.45) is 7.05 Å². The summed E-state index contributed by atoms with van der Waals surface area (Å²) >= 11 is 5.87. The van der Waals surface area contributed by atoms with Gasteiger partial charge in [0.1, 0.15) is 24.2 Å². The molecular weight excluding hydrogens is 338 g/mol. The van der Waals surface area contributed by atoms with E-state index in [2.05, 4.69) is 0 Å². The van der Waals surface area contributed by atoms with Crippen LogP contribution in [0.2, 0.25) is 5.02 Å². The summed E-state index contributed by atoms with van der Waals surface area (Å²) < 4.78 is 8.79. The number of carbonyl (C=O) groups excluding carboxylic acids is 1. The second-order valence-corrected chi connectivity index (χ2v) is 6.15. The molecule has 0 saturated heterocycles. The average Bonchev–Trinajstić information content (AvgIpc) is 2.91. The lowest BCUT2D eigenvalue weighted by atomic mass is 10.1. The molecule has 0 aliphatic rings. The van der Waals surface area contributed by atoms with E-state index in [4.69, 9.17) is 22.1 Å². The highest BCUT2D eigenvalue weighted by Gasteiger charge is 2.20. The zero-order chi connectivity index (χ0) is 18.0. The van der Waals surface area contributed by atoms with Crippen LogP contribution in [0.25, 0.3) is 11.3 Å². The number of Topliss-reactive ketones (excluding diaryl/α,β-unsaturated/α-hetero) is 1. The van der Waals surface area contributed by atoms with Crippen LogP contribution in [0.15, 0.2) is 54.7 Å². The van der Waals surface area contributed by atoms with Gasteiger partial charge in [0.25, 0.3) is 0 Å². The molecule has 3 aromatic rings. The first-order valence-corrected chi connectivity index (χ1v) is 8.15. The number of hydrogen-bond donors (Lipinski definition) is 1. The summed E-state index contributed by atoms with van der Waals surface area (Å²) in [6, 6.07) is 14.5. The maximum absolute atomic E-state index is 12.5. The van der Waals surface area contributed by atoms with Crippen molar-refractivity contribution in [2.75, 3.05) is 12.8 Å². The van der Waals surface area contributed by atoms with Gasteiger partial charge in [-0.25, -0.2) is 9.13 Å². The Labute approximate surface area is 151 Å². The molecule has 0 radical (unpaired) electrons. The van der Waals surface area contributed by atoms with E-state index >= 15 is 0 Å². The van der Waals surface area contributed by atoms with Gasteiger partial charge in [-0.1, -0.05) is 11.6 Å². The molecule has 0 aliphatic carbocycles. The Morgan fingerprint density at radius 2 is 1.80 bits per heavy atom. The van der Waals surface area contributed by atoms with Crippen LogP contribution in [0, 0.1) is 0 Å². The summed E-state index contributed by atoms with van der Waals surface area (Å²) in [6.07, 6.45) is 1.88. The summed E-state index contributed by atoms with van der Waals surface area (Å²) in [4.78, 5) is 12.5. The molecule has 0 fully saturated rings. The van der Waals surface area contributed by atoms with Gasteiger partial charge in [-0.2, -0.15) is 0 Å². The fourth-order valence-corrected chi connectivity index (χ4v) is 2.78. The minimum atomic E-state index is -0.0275. The molecule has 0 spiro atoms. The predicted octanol–water partition coefficient (Wildman–Crippen LogP) is 3.11. The first-order valence-electron chi connectivity index (χ1n) is 7.77. The second-order valence-electron chi connectivity index (χ2n) is 5.72. The summed E-state index contributed by atoms with van der Waals surface area (Å²) in [5, 5.41) is 0.602. The molecule has 128 valence electrons. The number of benzene rings is 2. The molecule has 0 bridgehead atoms. The third-order valence-electron chi connectivity index (χ3n) is 4.14. The van der Waals surface area contributed by atoms with Crippen LogP contribution < -0.4 is 15.0 Å². The largest absolute Gasteiger partial charge is 0.497 e. The van der Waals surface area contributed by atoms with E-state index in [0.29, 0.717) is 16.5 Å². The number of nitrogens with zero attached hydrogens (tertiary/aromatic N) is 2. The van der Waals surface area contributed by atoms with Gasteiger partial charge in [-0.3, -0.25) is 10.5 Å². The molecule has 0 atom stereocenters. The third kappa shape index (κ3) is 3.51. The number of aromatic nitrogens is 2. The number of nitrogens with two attached hydrogens (primary N) is 1. The van der Waals surface area contributed by atoms with Crippen molar-refractivity contribution in [3.8, 4) is 17.0 Å². The Hall–Kier alpha value is -2.79. The molecule has 0 aliphatic heterocycles. The van der Waals surface area contributed by atoms with Crippen molar-refractivity contribution in [1.29, 1.82) is 0 Å². The van der Waals surface area contributed by atoms with Gasteiger partial charge in [-0.05, 0) is 48.5 Å². The second kappa shape index (κ2) is 6.99. The highest BCUT2D eigenvalue weighted by atomic mass is 35.5. The standard InChI is InChI=1S/C19H18ClN3O2/c1-22-17(13-5-9-16(25-2)10-6-13)11-23(19(22)21)12-18(24)14-3-7-15(20)8-4-14/h3-11,21H,12H2,1-2H3/p+1. The number of rotatable bonds is 5. The van der Waals surface area contributed by atoms with Crippen LogP contribution >= 0.6 is 11.6 Å². The number of anilines is 1. The molecule has 2 N–H and O–H groups in total. The van der Waals surface area contributed by atoms with Gasteiger partial charge in [0.05, 0.1) is 14.2 Å². The maximum Gasteiger partial charge on any atom is 0.355 e. The van der Waals surface area contributed by atoms with Crippen molar-refractivity contribution in [2.45, 2.75) is 6.54 Å². The molecule has 1 aromatic heterocycles. The SMILES string of the molecule is COc1ccc(-c2c[n+](CC(=O)c3ccc(Cl)cc3)c(N)n2C)cc1. The highest BCUT2D eigenvalue weighted by Crippen LogP contribution is 2.23. The van der Waals surface area contributed by atoms with Crippen molar-refractivity contribution in [1.82, 2.24) is 4.57 Å². The maximum atomic E-state index is 12.5. The first-order chi connectivity index (χ1) is 12.0.